The first kappa shape index (κ1) is 22.8. The van der Waals surface area contributed by atoms with Gasteiger partial charge in [0.05, 0.1) is 12.5 Å². The van der Waals surface area contributed by atoms with Crippen molar-refractivity contribution in [2.45, 2.75) is 18.9 Å². The number of aromatic nitrogens is 2. The average Bonchev–Trinajstić information content (AvgIpc) is 3.56. The minimum atomic E-state index is -0.425. The number of likely N-dealkylation sites (tertiary alicyclic amines) is 1. The second-order valence-corrected chi connectivity index (χ2v) is 8.82. The summed E-state index contributed by atoms with van der Waals surface area (Å²) in [6.07, 6.45) is 2.95. The fraction of sp³-hybridized carbons (Fsp3) is 0.308. The van der Waals surface area contributed by atoms with Crippen LogP contribution in [0.3, 0.4) is 0 Å². The number of carbonyl (C=O) groups is 2. The number of carbonyl (C=O) groups excluding carboxylic acids is 2. The standard InChI is InChI=1S/C26H26FN5O3/c27-20-4-1-3-18(15-20)26(34)32-14-11-23(17-32)35-22-8-6-21(7-9-22)29-25(33)19-10-13-31(16-19)24-5-2-12-28-30-24/h1-9,12,15,19,23H,10-11,13-14,16-17H2,(H,29,33)/t19?,23-/m1/s1. The molecule has 1 N–H and O–H groups in total. The lowest BCUT2D eigenvalue weighted by Gasteiger charge is -2.18. The Bertz CT molecular complexity index is 1190. The van der Waals surface area contributed by atoms with Crippen molar-refractivity contribution < 1.29 is 18.7 Å². The van der Waals surface area contributed by atoms with E-state index in [1.165, 1.54) is 18.2 Å². The van der Waals surface area contributed by atoms with Gasteiger partial charge in [-0.15, -0.1) is 5.10 Å². The van der Waals surface area contributed by atoms with Gasteiger partial charge in [-0.25, -0.2) is 4.39 Å². The summed E-state index contributed by atoms with van der Waals surface area (Å²) < 4.78 is 19.5. The molecule has 0 aliphatic carbocycles. The maximum absolute atomic E-state index is 13.4. The van der Waals surface area contributed by atoms with Gasteiger partial charge in [0.1, 0.15) is 17.7 Å². The summed E-state index contributed by atoms with van der Waals surface area (Å²) >= 11 is 0. The molecule has 0 spiro atoms. The number of rotatable bonds is 6. The Hall–Kier alpha value is -4.01. The minimum absolute atomic E-state index is 0.0210. The van der Waals surface area contributed by atoms with Crippen molar-refractivity contribution in [1.29, 1.82) is 0 Å². The van der Waals surface area contributed by atoms with Crippen LogP contribution in [0.15, 0.2) is 66.9 Å². The lowest BCUT2D eigenvalue weighted by Crippen LogP contribution is -2.31. The first-order valence-corrected chi connectivity index (χ1v) is 11.7. The Balaban J connectivity index is 1.11. The molecule has 1 unspecified atom stereocenters. The Morgan fingerprint density at radius 1 is 1.00 bits per heavy atom. The molecule has 3 aromatic rings. The highest BCUT2D eigenvalue weighted by Crippen LogP contribution is 2.25. The van der Waals surface area contributed by atoms with E-state index in [1.54, 1.807) is 17.2 Å². The predicted octanol–water partition coefficient (Wildman–Crippen LogP) is 3.37. The van der Waals surface area contributed by atoms with Crippen LogP contribution in [0.2, 0.25) is 0 Å². The molecule has 0 radical (unpaired) electrons. The van der Waals surface area contributed by atoms with E-state index < -0.39 is 5.82 Å². The number of anilines is 2. The first-order valence-electron chi connectivity index (χ1n) is 11.7. The molecule has 2 aliphatic rings. The van der Waals surface area contributed by atoms with Crippen molar-refractivity contribution in [1.82, 2.24) is 15.1 Å². The quantitative estimate of drug-likeness (QED) is 0.588. The van der Waals surface area contributed by atoms with Crippen molar-refractivity contribution >= 4 is 23.3 Å². The van der Waals surface area contributed by atoms with Gasteiger partial charge in [-0.05, 0) is 61.0 Å². The van der Waals surface area contributed by atoms with Gasteiger partial charge < -0.3 is 19.9 Å². The van der Waals surface area contributed by atoms with Gasteiger partial charge in [-0.3, -0.25) is 9.59 Å². The molecule has 35 heavy (non-hydrogen) atoms. The van der Waals surface area contributed by atoms with E-state index in [-0.39, 0.29) is 23.8 Å². The number of nitrogens with zero attached hydrogens (tertiary/aromatic N) is 4. The number of hydrogen-bond acceptors (Lipinski definition) is 6. The summed E-state index contributed by atoms with van der Waals surface area (Å²) in [4.78, 5) is 29.1. The number of nitrogens with one attached hydrogen (secondary N) is 1. The van der Waals surface area contributed by atoms with Crippen molar-refractivity contribution in [2.75, 3.05) is 36.4 Å². The molecule has 180 valence electrons. The third kappa shape index (κ3) is 5.40. The van der Waals surface area contributed by atoms with Gasteiger partial charge >= 0.3 is 0 Å². The zero-order valence-electron chi connectivity index (χ0n) is 19.1. The predicted molar refractivity (Wildman–Crippen MR) is 129 cm³/mol. The van der Waals surface area contributed by atoms with Gasteiger partial charge in [0, 0.05) is 43.5 Å². The van der Waals surface area contributed by atoms with E-state index in [0.717, 1.165) is 18.8 Å². The van der Waals surface area contributed by atoms with E-state index >= 15 is 0 Å². The molecule has 2 fully saturated rings. The number of hydrogen-bond donors (Lipinski definition) is 1. The topological polar surface area (TPSA) is 87.7 Å². The molecule has 1 aromatic heterocycles. The number of ether oxygens (including phenoxy) is 1. The van der Waals surface area contributed by atoms with Crippen molar-refractivity contribution in [3.8, 4) is 5.75 Å². The van der Waals surface area contributed by atoms with Gasteiger partial charge in [-0.2, -0.15) is 5.10 Å². The van der Waals surface area contributed by atoms with Crippen LogP contribution in [0.1, 0.15) is 23.2 Å². The maximum atomic E-state index is 13.4. The van der Waals surface area contributed by atoms with E-state index in [4.69, 9.17) is 4.74 Å². The molecule has 8 nitrogen and oxygen atoms in total. The number of benzene rings is 2. The zero-order chi connectivity index (χ0) is 24.2. The van der Waals surface area contributed by atoms with Crippen molar-refractivity contribution in [2.24, 2.45) is 5.92 Å². The fourth-order valence-corrected chi connectivity index (χ4v) is 4.51. The van der Waals surface area contributed by atoms with Crippen LogP contribution < -0.4 is 15.0 Å². The molecule has 2 atom stereocenters. The Morgan fingerprint density at radius 3 is 2.63 bits per heavy atom. The summed E-state index contributed by atoms with van der Waals surface area (Å²) in [5.41, 5.74) is 1.04. The van der Waals surface area contributed by atoms with Gasteiger partial charge in [0.2, 0.25) is 5.91 Å². The Morgan fingerprint density at radius 2 is 1.86 bits per heavy atom. The summed E-state index contributed by atoms with van der Waals surface area (Å²) in [5.74, 6) is 0.694. The molecule has 9 heteroatoms. The van der Waals surface area contributed by atoms with Gasteiger partial charge in [-0.1, -0.05) is 6.07 Å². The van der Waals surface area contributed by atoms with Crippen LogP contribution in [0.4, 0.5) is 15.9 Å². The van der Waals surface area contributed by atoms with Crippen LogP contribution in [-0.4, -0.2) is 59.2 Å². The molecule has 2 aliphatic heterocycles. The van der Waals surface area contributed by atoms with Gasteiger partial charge in [0.25, 0.3) is 5.91 Å². The SMILES string of the molecule is O=C(Nc1ccc(O[C@@H]2CCN(C(=O)c3cccc(F)c3)C2)cc1)C1CCN(c2cccnn2)C1. The number of halogens is 1. The summed E-state index contributed by atoms with van der Waals surface area (Å²) in [5, 5.41) is 11.0. The smallest absolute Gasteiger partial charge is 0.254 e. The minimum Gasteiger partial charge on any atom is -0.489 e. The lowest BCUT2D eigenvalue weighted by molar-refractivity contribution is -0.119. The Kier molecular flexibility index (Phi) is 6.56. The molecule has 0 saturated carbocycles. The normalized spacial score (nSPS) is 19.6. The molecule has 3 heterocycles. The molecule has 0 bridgehead atoms. The number of amides is 2. The van der Waals surface area contributed by atoms with E-state index in [0.29, 0.717) is 43.1 Å². The third-order valence-electron chi connectivity index (χ3n) is 6.37. The van der Waals surface area contributed by atoms with Crippen LogP contribution >= 0.6 is 0 Å². The molecule has 2 saturated heterocycles. The third-order valence-corrected chi connectivity index (χ3v) is 6.37. The molecule has 2 aromatic carbocycles. The van der Waals surface area contributed by atoms with E-state index in [1.807, 2.05) is 36.4 Å². The largest absolute Gasteiger partial charge is 0.489 e. The Labute approximate surface area is 202 Å². The molecule has 2 amide bonds. The summed E-state index contributed by atoms with van der Waals surface area (Å²) in [7, 11) is 0. The van der Waals surface area contributed by atoms with Gasteiger partial charge in [0.15, 0.2) is 5.82 Å². The molecule has 5 rings (SSSR count). The summed E-state index contributed by atoms with van der Waals surface area (Å²) in [6, 6.07) is 16.7. The second-order valence-electron chi connectivity index (χ2n) is 8.82. The van der Waals surface area contributed by atoms with Crippen LogP contribution in [0, 0.1) is 11.7 Å². The summed E-state index contributed by atoms with van der Waals surface area (Å²) in [6.45, 7) is 2.38. The highest BCUT2D eigenvalue weighted by atomic mass is 19.1. The first-order chi connectivity index (χ1) is 17.0. The average molecular weight is 476 g/mol. The van der Waals surface area contributed by atoms with Crippen molar-refractivity contribution in [3.63, 3.8) is 0 Å². The van der Waals surface area contributed by atoms with Crippen LogP contribution in [0.5, 0.6) is 5.75 Å². The van der Waals surface area contributed by atoms with Crippen LogP contribution in [-0.2, 0) is 4.79 Å². The molecular weight excluding hydrogens is 449 g/mol. The molecular formula is C26H26FN5O3. The lowest BCUT2D eigenvalue weighted by atomic mass is 10.1. The monoisotopic (exact) mass is 475 g/mol. The second kappa shape index (κ2) is 10.1. The van der Waals surface area contributed by atoms with Crippen molar-refractivity contribution in [3.05, 3.63) is 78.2 Å². The zero-order valence-corrected chi connectivity index (χ0v) is 19.1. The highest BCUT2D eigenvalue weighted by molar-refractivity contribution is 5.94. The maximum Gasteiger partial charge on any atom is 0.254 e. The van der Waals surface area contributed by atoms with E-state index in [9.17, 15) is 14.0 Å². The van der Waals surface area contributed by atoms with E-state index in [2.05, 4.69) is 20.4 Å². The van der Waals surface area contributed by atoms with Crippen LogP contribution in [0.25, 0.3) is 0 Å². The fourth-order valence-electron chi connectivity index (χ4n) is 4.51. The highest BCUT2D eigenvalue weighted by Gasteiger charge is 2.30.